The van der Waals surface area contributed by atoms with E-state index >= 15 is 0 Å². The number of rotatable bonds is 9. The van der Waals surface area contributed by atoms with Crippen LogP contribution < -0.4 is 5.32 Å². The lowest BCUT2D eigenvalue weighted by atomic mass is 9.92. The van der Waals surface area contributed by atoms with Crippen LogP contribution in [0.4, 0.5) is 5.69 Å². The molecular weight excluding hydrogens is 432 g/mol. The Morgan fingerprint density at radius 1 is 1.09 bits per heavy atom. The van der Waals surface area contributed by atoms with Gasteiger partial charge in [0.1, 0.15) is 6.61 Å². The van der Waals surface area contributed by atoms with E-state index in [4.69, 9.17) is 9.84 Å². The first-order valence-electron chi connectivity index (χ1n) is 10.1. The second kappa shape index (κ2) is 10.2. The van der Waals surface area contributed by atoms with Gasteiger partial charge in [0.15, 0.2) is 5.78 Å². The summed E-state index contributed by atoms with van der Waals surface area (Å²) in [5.41, 5.74) is 4.23. The quantitative estimate of drug-likeness (QED) is 0.435. The van der Waals surface area contributed by atoms with Crippen molar-refractivity contribution in [2.75, 3.05) is 32.6 Å². The molecule has 9 heteroatoms. The minimum absolute atomic E-state index is 0.0376. The van der Waals surface area contributed by atoms with E-state index < -0.39 is 16.0 Å². The zero-order chi connectivity index (χ0) is 24.2. The van der Waals surface area contributed by atoms with Gasteiger partial charge in [-0.05, 0) is 68.1 Å². The number of carbonyl (C=O) groups is 2. The summed E-state index contributed by atoms with van der Waals surface area (Å²) in [5.74, 6) is -0.783. The van der Waals surface area contributed by atoms with Crippen molar-refractivity contribution in [3.8, 4) is 0 Å². The largest absolute Gasteiger partial charge is 0.457 e. The summed E-state index contributed by atoms with van der Waals surface area (Å²) in [4.78, 5) is 25.0. The molecule has 0 fully saturated rings. The van der Waals surface area contributed by atoms with E-state index in [0.29, 0.717) is 11.3 Å². The van der Waals surface area contributed by atoms with Crippen molar-refractivity contribution in [1.82, 2.24) is 4.31 Å². The van der Waals surface area contributed by atoms with Crippen LogP contribution in [0.3, 0.4) is 0 Å². The van der Waals surface area contributed by atoms with Crippen LogP contribution in [0.1, 0.15) is 49.9 Å². The molecule has 0 heterocycles. The molecule has 0 amide bonds. The monoisotopic (exact) mass is 462 g/mol. The molecule has 0 unspecified atom stereocenters. The van der Waals surface area contributed by atoms with Crippen molar-refractivity contribution in [1.29, 1.82) is 0 Å². The minimum Gasteiger partial charge on any atom is -0.457 e. The Morgan fingerprint density at radius 3 is 2.31 bits per heavy atom. The summed E-state index contributed by atoms with van der Waals surface area (Å²) in [5, 5.41) is 12.0. The summed E-state index contributed by atoms with van der Waals surface area (Å²) in [7, 11) is -0.953. The van der Waals surface area contributed by atoms with Crippen molar-refractivity contribution >= 4 is 27.5 Å². The molecule has 32 heavy (non-hydrogen) atoms. The van der Waals surface area contributed by atoms with Crippen LogP contribution in [0.15, 0.2) is 29.2 Å². The standard InChI is InChI=1S/C23H30N2O6S/c1-14-11-15(2)22(17(4)27)16(3)20(14)13-31-23(28)19-12-18(32(29,30)25(5)6)7-8-21(19)24-9-10-26/h7-8,11-12,24,26H,9-10,13H2,1-6H3. The first kappa shape index (κ1) is 25.5. The number of aliphatic hydroxyl groups excluding tert-OH is 1. The van der Waals surface area contributed by atoms with Gasteiger partial charge in [-0.15, -0.1) is 0 Å². The highest BCUT2D eigenvalue weighted by molar-refractivity contribution is 7.89. The molecule has 0 spiro atoms. The number of sulfonamides is 1. The van der Waals surface area contributed by atoms with Crippen LogP contribution in [0.2, 0.25) is 0 Å². The van der Waals surface area contributed by atoms with Crippen LogP contribution in [-0.2, 0) is 21.4 Å². The Hall–Kier alpha value is -2.75. The molecule has 0 radical (unpaired) electrons. The Kier molecular flexibility index (Phi) is 8.17. The van der Waals surface area contributed by atoms with Crippen molar-refractivity contribution in [2.24, 2.45) is 0 Å². The van der Waals surface area contributed by atoms with Crippen molar-refractivity contribution in [2.45, 2.75) is 39.2 Å². The van der Waals surface area contributed by atoms with Crippen LogP contribution >= 0.6 is 0 Å². The van der Waals surface area contributed by atoms with E-state index in [-0.39, 0.29) is 36.0 Å². The minimum atomic E-state index is -3.76. The molecule has 2 aromatic rings. The molecule has 0 aliphatic rings. The first-order valence-corrected chi connectivity index (χ1v) is 11.5. The van der Waals surface area contributed by atoms with Crippen LogP contribution in [0, 0.1) is 20.8 Å². The number of anilines is 1. The van der Waals surface area contributed by atoms with E-state index in [1.807, 2.05) is 26.8 Å². The van der Waals surface area contributed by atoms with E-state index in [1.165, 1.54) is 39.2 Å². The highest BCUT2D eigenvalue weighted by atomic mass is 32.2. The van der Waals surface area contributed by atoms with E-state index in [1.54, 1.807) is 0 Å². The second-order valence-corrected chi connectivity index (χ2v) is 9.92. The fourth-order valence-electron chi connectivity index (χ4n) is 3.61. The van der Waals surface area contributed by atoms with Gasteiger partial charge >= 0.3 is 5.97 Å². The smallest absolute Gasteiger partial charge is 0.340 e. The molecule has 2 aromatic carbocycles. The highest BCUT2D eigenvalue weighted by Crippen LogP contribution is 2.26. The van der Waals surface area contributed by atoms with Crippen molar-refractivity contribution < 1.29 is 27.9 Å². The fraction of sp³-hybridized carbons (Fsp3) is 0.391. The number of aryl methyl sites for hydroxylation is 2. The molecule has 2 N–H and O–H groups in total. The third kappa shape index (κ3) is 5.35. The van der Waals surface area contributed by atoms with Crippen molar-refractivity contribution in [3.05, 3.63) is 57.6 Å². The Bertz CT molecular complexity index is 1140. The number of carbonyl (C=O) groups excluding carboxylic acids is 2. The van der Waals surface area contributed by atoms with Crippen LogP contribution in [0.25, 0.3) is 0 Å². The average Bonchev–Trinajstić information content (AvgIpc) is 2.70. The SMILES string of the molecule is CC(=O)c1c(C)cc(C)c(COC(=O)c2cc(S(=O)(=O)N(C)C)ccc2NCCO)c1C. The van der Waals surface area contributed by atoms with Crippen molar-refractivity contribution in [3.63, 3.8) is 0 Å². The predicted octanol–water partition coefficient (Wildman–Crippen LogP) is 2.83. The Morgan fingerprint density at radius 2 is 1.75 bits per heavy atom. The number of nitrogens with one attached hydrogen (secondary N) is 1. The molecule has 0 atom stereocenters. The Labute approximate surface area is 189 Å². The maximum absolute atomic E-state index is 13.0. The molecule has 0 aliphatic carbocycles. The fourth-order valence-corrected chi connectivity index (χ4v) is 4.54. The summed E-state index contributed by atoms with van der Waals surface area (Å²) in [6, 6.07) is 6.00. The molecule has 0 aromatic heterocycles. The molecule has 174 valence electrons. The summed E-state index contributed by atoms with van der Waals surface area (Å²) >= 11 is 0. The summed E-state index contributed by atoms with van der Waals surface area (Å²) < 4.78 is 31.6. The molecule has 2 rings (SSSR count). The predicted molar refractivity (Wildman–Crippen MR) is 123 cm³/mol. The number of hydrogen-bond donors (Lipinski definition) is 2. The Balaban J connectivity index is 2.43. The maximum atomic E-state index is 13.0. The van der Waals surface area contributed by atoms with Gasteiger partial charge in [0.05, 0.1) is 17.1 Å². The molecule has 0 saturated carbocycles. The normalized spacial score (nSPS) is 11.5. The van der Waals surface area contributed by atoms with Crippen LogP contribution in [0.5, 0.6) is 0 Å². The first-order chi connectivity index (χ1) is 14.9. The lowest BCUT2D eigenvalue weighted by molar-refractivity contribution is 0.0472. The van der Waals surface area contributed by atoms with Crippen LogP contribution in [-0.4, -0.2) is 56.8 Å². The lowest BCUT2D eigenvalue weighted by Crippen LogP contribution is -2.23. The molecule has 0 bridgehead atoms. The third-order valence-electron chi connectivity index (χ3n) is 5.25. The van der Waals surface area contributed by atoms with E-state index in [9.17, 15) is 18.0 Å². The third-order valence-corrected chi connectivity index (χ3v) is 7.06. The molecule has 0 aliphatic heterocycles. The summed E-state index contributed by atoms with van der Waals surface area (Å²) in [6.07, 6.45) is 0. The van der Waals surface area contributed by atoms with Gasteiger partial charge in [-0.1, -0.05) is 6.07 Å². The van der Waals surface area contributed by atoms with Gasteiger partial charge in [0.2, 0.25) is 10.0 Å². The number of benzene rings is 2. The van der Waals surface area contributed by atoms with Gasteiger partial charge in [-0.3, -0.25) is 4.79 Å². The maximum Gasteiger partial charge on any atom is 0.340 e. The second-order valence-electron chi connectivity index (χ2n) is 7.77. The number of ether oxygens (including phenoxy) is 1. The van der Waals surface area contributed by atoms with E-state index in [2.05, 4.69) is 5.32 Å². The number of esters is 1. The number of aliphatic hydroxyl groups is 1. The van der Waals surface area contributed by atoms with Gasteiger partial charge < -0.3 is 15.2 Å². The number of nitrogens with zero attached hydrogens (tertiary/aromatic N) is 1. The average molecular weight is 463 g/mol. The number of hydrogen-bond acceptors (Lipinski definition) is 7. The highest BCUT2D eigenvalue weighted by Gasteiger charge is 2.23. The van der Waals surface area contributed by atoms with E-state index in [0.717, 1.165) is 26.6 Å². The van der Waals surface area contributed by atoms with Gasteiger partial charge in [0, 0.05) is 31.9 Å². The zero-order valence-corrected chi connectivity index (χ0v) is 20.1. The van der Waals surface area contributed by atoms with Gasteiger partial charge in [-0.25, -0.2) is 17.5 Å². The molecule has 0 saturated heterocycles. The zero-order valence-electron chi connectivity index (χ0n) is 19.3. The lowest BCUT2D eigenvalue weighted by Gasteiger charge is -2.18. The molecular formula is C23H30N2O6S. The number of Topliss-reactive ketones (excluding diaryl/α,β-unsaturated/α-hetero) is 1. The van der Waals surface area contributed by atoms with Gasteiger partial charge in [-0.2, -0.15) is 0 Å². The molecule has 8 nitrogen and oxygen atoms in total. The van der Waals surface area contributed by atoms with Gasteiger partial charge in [0.25, 0.3) is 0 Å². The topological polar surface area (TPSA) is 113 Å². The number of ketones is 1. The summed E-state index contributed by atoms with van der Waals surface area (Å²) in [6.45, 7) is 7.00.